The van der Waals surface area contributed by atoms with E-state index in [4.69, 9.17) is 15.2 Å². The van der Waals surface area contributed by atoms with Crippen molar-refractivity contribution >= 4 is 11.8 Å². The third-order valence-corrected chi connectivity index (χ3v) is 4.10. The van der Waals surface area contributed by atoms with E-state index in [1.54, 1.807) is 14.2 Å². The number of ether oxygens (including phenoxy) is 2. The Morgan fingerprint density at radius 3 is 2.29 bits per heavy atom. The van der Waals surface area contributed by atoms with Crippen LogP contribution in [-0.4, -0.2) is 38.6 Å². The molecule has 3 nitrogen and oxygen atoms in total. The highest BCUT2D eigenvalue weighted by Crippen LogP contribution is 2.38. The second-order valence-corrected chi connectivity index (χ2v) is 5.15. The van der Waals surface area contributed by atoms with Crippen LogP contribution in [0.4, 0.5) is 0 Å². The molecule has 0 unspecified atom stereocenters. The summed E-state index contributed by atoms with van der Waals surface area (Å²) in [5, 5.41) is 0. The summed E-state index contributed by atoms with van der Waals surface area (Å²) in [6.07, 6.45) is 3.22. The first-order valence-corrected chi connectivity index (χ1v) is 6.25. The van der Waals surface area contributed by atoms with E-state index in [0.717, 1.165) is 13.0 Å². The molecule has 1 heterocycles. The zero-order valence-electron chi connectivity index (χ0n) is 9.12. The van der Waals surface area contributed by atoms with Gasteiger partial charge in [-0.2, -0.15) is 11.8 Å². The summed E-state index contributed by atoms with van der Waals surface area (Å²) < 4.78 is 10.5. The van der Waals surface area contributed by atoms with Crippen LogP contribution >= 0.6 is 11.8 Å². The van der Waals surface area contributed by atoms with Gasteiger partial charge in [-0.05, 0) is 36.3 Å². The summed E-state index contributed by atoms with van der Waals surface area (Å²) in [6.45, 7) is 0.747. The normalized spacial score (nSPS) is 21.4. The van der Waals surface area contributed by atoms with Crippen LogP contribution in [0.3, 0.4) is 0 Å². The zero-order chi connectivity index (χ0) is 10.4. The topological polar surface area (TPSA) is 44.5 Å². The highest BCUT2D eigenvalue weighted by molar-refractivity contribution is 7.99. The molecule has 0 radical (unpaired) electrons. The molecule has 0 saturated carbocycles. The van der Waals surface area contributed by atoms with Gasteiger partial charge in [0.15, 0.2) is 6.29 Å². The van der Waals surface area contributed by atoms with Gasteiger partial charge in [0.25, 0.3) is 0 Å². The van der Waals surface area contributed by atoms with Crippen molar-refractivity contribution in [3.8, 4) is 0 Å². The van der Waals surface area contributed by atoms with E-state index in [-0.39, 0.29) is 11.7 Å². The van der Waals surface area contributed by atoms with Crippen molar-refractivity contribution in [1.29, 1.82) is 0 Å². The molecule has 0 aromatic heterocycles. The number of hydrogen-bond acceptors (Lipinski definition) is 4. The van der Waals surface area contributed by atoms with E-state index in [1.165, 1.54) is 24.3 Å². The summed E-state index contributed by atoms with van der Waals surface area (Å²) >= 11 is 2.02. The monoisotopic (exact) mass is 219 g/mol. The van der Waals surface area contributed by atoms with Crippen LogP contribution in [0.5, 0.6) is 0 Å². The molecule has 4 heteroatoms. The lowest BCUT2D eigenvalue weighted by Crippen LogP contribution is -2.38. The van der Waals surface area contributed by atoms with Crippen LogP contribution in [0.1, 0.15) is 19.3 Å². The minimum absolute atomic E-state index is 0.0957. The Balaban J connectivity index is 2.50. The van der Waals surface area contributed by atoms with Gasteiger partial charge in [0.2, 0.25) is 0 Å². The Labute approximate surface area is 90.7 Å². The number of rotatable bonds is 5. The standard InChI is InChI=1S/C10H21NO2S/c1-12-9(13-2)7-10(8-11)3-5-14-6-4-10/h9H,3-8,11H2,1-2H3. The summed E-state index contributed by atoms with van der Waals surface area (Å²) in [7, 11) is 3.38. The van der Waals surface area contributed by atoms with E-state index >= 15 is 0 Å². The zero-order valence-corrected chi connectivity index (χ0v) is 9.94. The van der Waals surface area contributed by atoms with E-state index in [9.17, 15) is 0 Å². The van der Waals surface area contributed by atoms with Gasteiger partial charge in [0, 0.05) is 20.6 Å². The molecule has 1 aliphatic rings. The van der Waals surface area contributed by atoms with Crippen LogP contribution in [0.15, 0.2) is 0 Å². The molecule has 1 fully saturated rings. The number of hydrogen-bond donors (Lipinski definition) is 1. The molecule has 0 spiro atoms. The predicted octanol–water partition coefficient (Wildman–Crippen LogP) is 1.47. The first kappa shape index (κ1) is 12.3. The fourth-order valence-electron chi connectivity index (χ4n) is 1.91. The van der Waals surface area contributed by atoms with Gasteiger partial charge in [-0.25, -0.2) is 0 Å². The van der Waals surface area contributed by atoms with Crippen molar-refractivity contribution < 1.29 is 9.47 Å². The second kappa shape index (κ2) is 5.95. The van der Waals surface area contributed by atoms with Gasteiger partial charge in [0.1, 0.15) is 0 Å². The average Bonchev–Trinajstić information content (AvgIpc) is 2.27. The van der Waals surface area contributed by atoms with Crippen LogP contribution in [0.25, 0.3) is 0 Å². The smallest absolute Gasteiger partial charge is 0.157 e. The van der Waals surface area contributed by atoms with Crippen LogP contribution < -0.4 is 5.73 Å². The van der Waals surface area contributed by atoms with Crippen LogP contribution in [0.2, 0.25) is 0 Å². The molecular weight excluding hydrogens is 198 g/mol. The molecule has 0 atom stereocenters. The van der Waals surface area contributed by atoms with Gasteiger partial charge in [-0.1, -0.05) is 0 Å². The molecule has 0 aliphatic carbocycles. The summed E-state index contributed by atoms with van der Waals surface area (Å²) in [5.41, 5.74) is 6.13. The molecule has 0 aromatic carbocycles. The van der Waals surface area contributed by atoms with Crippen molar-refractivity contribution in [2.75, 3.05) is 32.3 Å². The van der Waals surface area contributed by atoms with E-state index in [1.807, 2.05) is 11.8 Å². The maximum atomic E-state index is 5.88. The highest BCUT2D eigenvalue weighted by atomic mass is 32.2. The van der Waals surface area contributed by atoms with Crippen LogP contribution in [0, 0.1) is 5.41 Å². The Kier molecular flexibility index (Phi) is 5.23. The van der Waals surface area contributed by atoms with Crippen LogP contribution in [-0.2, 0) is 9.47 Å². The third kappa shape index (κ3) is 3.12. The summed E-state index contributed by atoms with van der Waals surface area (Å²) in [5.74, 6) is 2.44. The molecule has 84 valence electrons. The molecule has 1 rings (SSSR count). The van der Waals surface area contributed by atoms with Gasteiger partial charge in [0.05, 0.1) is 0 Å². The summed E-state index contributed by atoms with van der Waals surface area (Å²) in [4.78, 5) is 0. The van der Waals surface area contributed by atoms with Crippen molar-refractivity contribution in [3.63, 3.8) is 0 Å². The molecule has 0 amide bonds. The maximum absolute atomic E-state index is 5.88. The minimum Gasteiger partial charge on any atom is -0.356 e. The van der Waals surface area contributed by atoms with E-state index in [0.29, 0.717) is 0 Å². The van der Waals surface area contributed by atoms with Crippen molar-refractivity contribution in [3.05, 3.63) is 0 Å². The molecule has 1 aliphatic heterocycles. The Morgan fingerprint density at radius 1 is 1.29 bits per heavy atom. The lowest BCUT2D eigenvalue weighted by Gasteiger charge is -2.37. The molecule has 14 heavy (non-hydrogen) atoms. The van der Waals surface area contributed by atoms with Gasteiger partial charge >= 0.3 is 0 Å². The number of thioether (sulfide) groups is 1. The molecule has 1 saturated heterocycles. The number of methoxy groups -OCH3 is 2. The van der Waals surface area contributed by atoms with E-state index < -0.39 is 0 Å². The molecule has 2 N–H and O–H groups in total. The minimum atomic E-state index is -0.0957. The molecular formula is C10H21NO2S. The van der Waals surface area contributed by atoms with E-state index in [2.05, 4.69) is 0 Å². The van der Waals surface area contributed by atoms with Gasteiger partial charge in [-0.15, -0.1) is 0 Å². The Morgan fingerprint density at radius 2 is 1.86 bits per heavy atom. The fourth-order valence-corrected chi connectivity index (χ4v) is 3.27. The maximum Gasteiger partial charge on any atom is 0.157 e. The Hall–Kier alpha value is 0.230. The lowest BCUT2D eigenvalue weighted by molar-refractivity contribution is -0.126. The predicted molar refractivity (Wildman–Crippen MR) is 60.5 cm³/mol. The van der Waals surface area contributed by atoms with Gasteiger partial charge in [-0.3, -0.25) is 0 Å². The fraction of sp³-hybridized carbons (Fsp3) is 1.00. The first-order chi connectivity index (χ1) is 6.76. The second-order valence-electron chi connectivity index (χ2n) is 3.92. The average molecular weight is 219 g/mol. The largest absolute Gasteiger partial charge is 0.356 e. The third-order valence-electron chi connectivity index (χ3n) is 3.11. The molecule has 0 aromatic rings. The summed E-state index contributed by atoms with van der Waals surface area (Å²) in [6, 6.07) is 0. The van der Waals surface area contributed by atoms with Crippen molar-refractivity contribution in [1.82, 2.24) is 0 Å². The SMILES string of the molecule is COC(CC1(CN)CCSCC1)OC. The lowest BCUT2D eigenvalue weighted by atomic mass is 9.78. The number of nitrogens with two attached hydrogens (primary N) is 1. The van der Waals surface area contributed by atoms with Crippen molar-refractivity contribution in [2.24, 2.45) is 11.1 Å². The molecule has 0 bridgehead atoms. The van der Waals surface area contributed by atoms with Crippen molar-refractivity contribution in [2.45, 2.75) is 25.6 Å². The van der Waals surface area contributed by atoms with Gasteiger partial charge < -0.3 is 15.2 Å². The quantitative estimate of drug-likeness (QED) is 0.711. The highest BCUT2D eigenvalue weighted by Gasteiger charge is 2.33. The Bertz CT molecular complexity index is 156. The first-order valence-electron chi connectivity index (χ1n) is 5.10.